The Kier molecular flexibility index (Phi) is 9.58. The molecule has 9 nitrogen and oxygen atoms in total. The topological polar surface area (TPSA) is 113 Å². The molecule has 0 radical (unpaired) electrons. The summed E-state index contributed by atoms with van der Waals surface area (Å²) >= 11 is 1.32. The molecule has 2 aliphatic rings. The van der Waals surface area contributed by atoms with Gasteiger partial charge in [-0.25, -0.2) is 13.8 Å². The minimum atomic E-state index is -2.81. The second kappa shape index (κ2) is 12.7. The zero-order valence-electron chi connectivity index (χ0n) is 21.3. The minimum Gasteiger partial charge on any atom is -0.494 e. The number of hydrogen-bond donors (Lipinski definition) is 1. The van der Waals surface area contributed by atoms with E-state index in [2.05, 4.69) is 37.7 Å². The first-order chi connectivity index (χ1) is 18.3. The number of carbonyl (C=O) groups is 1. The van der Waals surface area contributed by atoms with Crippen LogP contribution >= 0.6 is 11.8 Å². The smallest absolute Gasteiger partial charge is 0.494 e. The van der Waals surface area contributed by atoms with Gasteiger partial charge in [0.15, 0.2) is 5.78 Å². The third-order valence-corrected chi connectivity index (χ3v) is 6.63. The van der Waals surface area contributed by atoms with Gasteiger partial charge in [-0.2, -0.15) is 0 Å². The van der Waals surface area contributed by atoms with E-state index >= 15 is 0 Å². The second-order valence-corrected chi connectivity index (χ2v) is 9.62. The van der Waals surface area contributed by atoms with Crippen LogP contribution in [-0.4, -0.2) is 38.0 Å². The van der Waals surface area contributed by atoms with Crippen molar-refractivity contribution in [3.8, 4) is 34.5 Å². The fraction of sp³-hybridized carbons (Fsp3) is 0.269. The van der Waals surface area contributed by atoms with E-state index in [1.54, 1.807) is 6.07 Å². The zero-order chi connectivity index (χ0) is 26.8. The van der Waals surface area contributed by atoms with Crippen LogP contribution in [0.1, 0.15) is 42.2 Å². The number of rotatable bonds is 6. The molecular weight excluding hydrogens is 553 g/mol. The van der Waals surface area contributed by atoms with Crippen LogP contribution < -0.4 is 67.1 Å². The van der Waals surface area contributed by atoms with E-state index in [-0.39, 0.29) is 85.2 Å². The number of methoxy groups -OCH3 is 1. The van der Waals surface area contributed by atoms with Crippen LogP contribution in [0.4, 0.5) is 14.5 Å². The molecule has 194 valence electrons. The van der Waals surface area contributed by atoms with Gasteiger partial charge in [-0.15, -0.1) is 0 Å². The van der Waals surface area contributed by atoms with Gasteiger partial charge in [-0.05, 0) is 54.4 Å². The van der Waals surface area contributed by atoms with Crippen molar-refractivity contribution >= 4 is 28.4 Å². The Labute approximate surface area is 269 Å². The molecule has 1 fully saturated rings. The van der Waals surface area contributed by atoms with Gasteiger partial charge in [0.25, 0.3) is 12.0 Å². The Morgan fingerprint density at radius 1 is 1.21 bits per heavy atom. The summed E-state index contributed by atoms with van der Waals surface area (Å²) in [5, 5.41) is 8.98. The zero-order valence-corrected chi connectivity index (χ0v) is 25.3. The summed E-state index contributed by atoms with van der Waals surface area (Å²) in [7, 11) is 1.40. The molecule has 1 N–H and O–H groups in total. The molecule has 4 heterocycles. The van der Waals surface area contributed by atoms with Gasteiger partial charge >= 0.3 is 51.4 Å². The van der Waals surface area contributed by atoms with Crippen molar-refractivity contribution < 1.29 is 69.7 Å². The number of thioether (sulfide) groups is 1. The van der Waals surface area contributed by atoms with Crippen molar-refractivity contribution in [2.75, 3.05) is 7.11 Å². The minimum absolute atomic E-state index is 0. The molecular formula is C26H21F2KN6O3S. The van der Waals surface area contributed by atoms with Gasteiger partial charge in [0, 0.05) is 35.5 Å². The molecule has 1 saturated carbocycles. The fourth-order valence-corrected chi connectivity index (χ4v) is 4.32. The average molecular weight is 575 g/mol. The quantitative estimate of drug-likeness (QED) is 0.272. The number of hydrazone groups is 1. The predicted molar refractivity (Wildman–Crippen MR) is 140 cm³/mol. The fourth-order valence-electron chi connectivity index (χ4n) is 3.62. The second-order valence-electron chi connectivity index (χ2n) is 8.55. The summed E-state index contributed by atoms with van der Waals surface area (Å²) in [6.07, 6.45) is 3.47. The number of halogens is 2. The Hall–Kier alpha value is -2.60. The van der Waals surface area contributed by atoms with E-state index in [1.165, 1.54) is 67.2 Å². The number of carbonyl (C=O) groups excluding carboxylic acids is 1. The van der Waals surface area contributed by atoms with Gasteiger partial charge in [0.2, 0.25) is 0 Å². The van der Waals surface area contributed by atoms with Gasteiger partial charge in [0.05, 0.1) is 13.3 Å². The van der Waals surface area contributed by atoms with E-state index in [4.69, 9.17) is 4.74 Å². The van der Waals surface area contributed by atoms with Crippen molar-refractivity contribution in [3.63, 3.8) is 0 Å². The van der Waals surface area contributed by atoms with Crippen molar-refractivity contribution in [1.82, 2.24) is 20.0 Å². The first-order valence-electron chi connectivity index (χ1n) is 11.6. The molecule has 1 aliphatic heterocycles. The number of Topliss-reactive ketones (excluding diaryl/α,β-unsaturated/α-hetero) is 1. The van der Waals surface area contributed by atoms with Crippen LogP contribution in [0.3, 0.4) is 0 Å². The molecule has 13 heteroatoms. The molecule has 5 rings (SSSR count). The number of hydrogen-bond acceptors (Lipinski definition) is 8. The van der Waals surface area contributed by atoms with E-state index in [1.807, 2.05) is 0 Å². The molecule has 1 atom stereocenters. The van der Waals surface area contributed by atoms with Crippen LogP contribution in [0, 0.1) is 17.8 Å². The average Bonchev–Trinajstić information content (AvgIpc) is 3.64. The number of aromatic nitrogens is 3. The van der Waals surface area contributed by atoms with Gasteiger partial charge in [-0.3, -0.25) is 19.1 Å². The molecule has 0 aromatic carbocycles. The van der Waals surface area contributed by atoms with Crippen molar-refractivity contribution in [2.24, 2.45) is 11.0 Å². The normalized spacial score (nSPS) is 15.9. The van der Waals surface area contributed by atoms with Gasteiger partial charge in [-0.1, -0.05) is 23.6 Å². The number of amidine groups is 1. The number of ether oxygens (including phenoxy) is 1. The van der Waals surface area contributed by atoms with E-state index in [0.717, 1.165) is 12.8 Å². The Balaban J connectivity index is 0.00000353. The monoisotopic (exact) mass is 574 g/mol. The number of pyridine rings is 3. The maximum absolute atomic E-state index is 13.5. The van der Waals surface area contributed by atoms with Crippen LogP contribution in [0.5, 0.6) is 5.75 Å². The maximum Gasteiger partial charge on any atom is 1.00 e. The molecule has 1 unspecified atom stereocenters. The predicted octanol–water partition coefficient (Wildman–Crippen LogP) is 1.80. The SMILES string of the molecule is COc1cnc(C(F)F)cc1-c1cc(-n2ccc(C(C)=O)cc2=O)ncc1[N-]C1=NNC(C#CC2CC2)S1.[K+]. The van der Waals surface area contributed by atoms with E-state index < -0.39 is 17.7 Å². The standard InChI is InChI=1S/C26H22F2N6O3S.K/c1-14(35)16-7-8-34(24(36)9-16)22-11-17(18-10-19(25(27)28)29-13-21(18)37-2)20(12-30-22)31-26-33-32-23(38-26)6-5-15-3-4-15;/h7-13,15,23,25H,3-4H2,1-2H3,(H2,29,30,31,32,33,35,36);/q;+1/p-1. The summed E-state index contributed by atoms with van der Waals surface area (Å²) < 4.78 is 33.7. The summed E-state index contributed by atoms with van der Waals surface area (Å²) in [6, 6.07) is 5.47. The van der Waals surface area contributed by atoms with Crippen molar-refractivity contribution in [3.05, 3.63) is 69.8 Å². The Morgan fingerprint density at radius 2 is 2.00 bits per heavy atom. The third kappa shape index (κ3) is 6.94. The maximum atomic E-state index is 13.5. The van der Waals surface area contributed by atoms with E-state index in [9.17, 15) is 18.4 Å². The van der Waals surface area contributed by atoms with Gasteiger partial charge in [0.1, 0.15) is 22.6 Å². The van der Waals surface area contributed by atoms with Gasteiger partial charge < -0.3 is 20.6 Å². The largest absolute Gasteiger partial charge is 1.00 e. The van der Waals surface area contributed by atoms with Crippen LogP contribution in [-0.2, 0) is 0 Å². The van der Waals surface area contributed by atoms with E-state index in [0.29, 0.717) is 22.3 Å². The molecule has 0 saturated heterocycles. The molecule has 0 amide bonds. The Morgan fingerprint density at radius 3 is 2.67 bits per heavy atom. The molecule has 39 heavy (non-hydrogen) atoms. The summed E-state index contributed by atoms with van der Waals surface area (Å²) in [5.41, 5.74) is 3.24. The summed E-state index contributed by atoms with van der Waals surface area (Å²) in [4.78, 5) is 32.6. The first kappa shape index (κ1) is 29.4. The molecule has 0 bridgehead atoms. The van der Waals surface area contributed by atoms with Crippen LogP contribution in [0.15, 0.2) is 52.8 Å². The number of nitrogens with zero attached hydrogens (tertiary/aromatic N) is 5. The molecule has 0 spiro atoms. The molecule has 3 aromatic rings. The summed E-state index contributed by atoms with van der Waals surface area (Å²) in [5.74, 6) is 6.94. The number of nitrogens with one attached hydrogen (secondary N) is 1. The third-order valence-electron chi connectivity index (χ3n) is 5.78. The summed E-state index contributed by atoms with van der Waals surface area (Å²) in [6.45, 7) is 1.36. The number of alkyl halides is 2. The van der Waals surface area contributed by atoms with Crippen molar-refractivity contribution in [2.45, 2.75) is 31.6 Å². The van der Waals surface area contributed by atoms with Crippen molar-refractivity contribution in [1.29, 1.82) is 0 Å². The molecule has 1 aliphatic carbocycles. The number of ketones is 1. The first-order valence-corrected chi connectivity index (χ1v) is 12.5. The van der Waals surface area contributed by atoms with Crippen LogP contribution in [0.2, 0.25) is 0 Å². The molecule has 3 aromatic heterocycles. The Bertz CT molecular complexity index is 1570. The van der Waals surface area contributed by atoms with Crippen LogP contribution in [0.25, 0.3) is 22.3 Å².